The van der Waals surface area contributed by atoms with Gasteiger partial charge in [-0.1, -0.05) is 24.6 Å². The fourth-order valence-corrected chi connectivity index (χ4v) is 4.14. The molecule has 0 fully saturated rings. The predicted octanol–water partition coefficient (Wildman–Crippen LogP) is 4.84. The number of hydrogen-bond donors (Lipinski definition) is 2. The number of fused-ring (bicyclic) bond motifs is 1. The number of thioether (sulfide) groups is 1. The standard InChI is InChI=1S/C19H21ClN2OS/c1-2-24-18-9-6-13(20)11-16(18)19(23)22-17-5-3-4-12-10-14(21)7-8-15(12)17/h6-11,17H,2-5,21H2,1H3,(H,22,23). The number of amides is 1. The molecule has 3 rings (SSSR count). The van der Waals surface area contributed by atoms with Crippen molar-refractivity contribution in [3.8, 4) is 0 Å². The molecule has 0 saturated heterocycles. The average Bonchev–Trinajstić information content (AvgIpc) is 2.56. The number of benzene rings is 2. The van der Waals surface area contributed by atoms with Gasteiger partial charge in [0.15, 0.2) is 0 Å². The first-order valence-corrected chi connectivity index (χ1v) is 9.56. The minimum absolute atomic E-state index is 0.0281. The van der Waals surface area contributed by atoms with E-state index in [9.17, 15) is 4.79 Å². The first kappa shape index (κ1) is 17.2. The maximum absolute atomic E-state index is 12.8. The van der Waals surface area contributed by atoms with Crippen LogP contribution < -0.4 is 11.1 Å². The van der Waals surface area contributed by atoms with Crippen LogP contribution in [0.4, 0.5) is 5.69 Å². The highest BCUT2D eigenvalue weighted by molar-refractivity contribution is 7.99. The van der Waals surface area contributed by atoms with Crippen LogP contribution in [0.1, 0.15) is 47.3 Å². The first-order chi connectivity index (χ1) is 11.6. The summed E-state index contributed by atoms with van der Waals surface area (Å²) < 4.78 is 0. The molecule has 1 atom stereocenters. The van der Waals surface area contributed by atoms with Gasteiger partial charge in [-0.05, 0) is 66.5 Å². The van der Waals surface area contributed by atoms with Crippen LogP contribution in [-0.2, 0) is 6.42 Å². The summed E-state index contributed by atoms with van der Waals surface area (Å²) in [5.74, 6) is 0.844. The number of halogens is 1. The normalized spacial score (nSPS) is 16.5. The first-order valence-electron chi connectivity index (χ1n) is 8.20. The van der Waals surface area contributed by atoms with E-state index >= 15 is 0 Å². The van der Waals surface area contributed by atoms with E-state index in [-0.39, 0.29) is 11.9 Å². The topological polar surface area (TPSA) is 55.1 Å². The zero-order chi connectivity index (χ0) is 17.1. The zero-order valence-corrected chi connectivity index (χ0v) is 15.2. The molecule has 0 heterocycles. The summed E-state index contributed by atoms with van der Waals surface area (Å²) in [6.45, 7) is 2.07. The third kappa shape index (κ3) is 3.70. The Morgan fingerprint density at radius 2 is 2.17 bits per heavy atom. The number of rotatable bonds is 4. The van der Waals surface area contributed by atoms with Gasteiger partial charge >= 0.3 is 0 Å². The zero-order valence-electron chi connectivity index (χ0n) is 13.6. The second kappa shape index (κ2) is 7.49. The molecule has 0 saturated carbocycles. The molecule has 126 valence electrons. The maximum atomic E-state index is 12.8. The van der Waals surface area contributed by atoms with Crippen molar-refractivity contribution >= 4 is 35.0 Å². The Balaban J connectivity index is 1.85. The van der Waals surface area contributed by atoms with E-state index in [4.69, 9.17) is 17.3 Å². The molecule has 1 aliphatic rings. The van der Waals surface area contributed by atoms with Crippen LogP contribution >= 0.6 is 23.4 Å². The molecular weight excluding hydrogens is 340 g/mol. The summed E-state index contributed by atoms with van der Waals surface area (Å²) in [7, 11) is 0. The van der Waals surface area contributed by atoms with Crippen LogP contribution in [0, 0.1) is 0 Å². The Morgan fingerprint density at radius 1 is 1.33 bits per heavy atom. The fraction of sp³-hybridized carbons (Fsp3) is 0.316. The van der Waals surface area contributed by atoms with Gasteiger partial charge in [-0.2, -0.15) is 0 Å². The second-order valence-corrected chi connectivity index (χ2v) is 7.69. The molecule has 24 heavy (non-hydrogen) atoms. The van der Waals surface area contributed by atoms with Crippen LogP contribution in [0.25, 0.3) is 0 Å². The minimum atomic E-state index is -0.0666. The Hall–Kier alpha value is -1.65. The average molecular weight is 361 g/mol. The molecule has 1 amide bonds. The monoisotopic (exact) mass is 360 g/mol. The molecule has 1 unspecified atom stereocenters. The molecule has 1 aliphatic carbocycles. The molecule has 0 aromatic heterocycles. The van der Waals surface area contributed by atoms with Gasteiger partial charge in [0.2, 0.25) is 0 Å². The van der Waals surface area contributed by atoms with E-state index in [1.54, 1.807) is 17.8 Å². The van der Waals surface area contributed by atoms with E-state index in [1.165, 1.54) is 11.1 Å². The Morgan fingerprint density at radius 3 is 2.96 bits per heavy atom. The summed E-state index contributed by atoms with van der Waals surface area (Å²) in [6.07, 6.45) is 3.01. The van der Waals surface area contributed by atoms with Crippen molar-refractivity contribution in [1.29, 1.82) is 0 Å². The summed E-state index contributed by atoms with van der Waals surface area (Å²) in [5.41, 5.74) is 9.72. The number of carbonyl (C=O) groups excluding carboxylic acids is 1. The number of nitrogens with two attached hydrogens (primary N) is 1. The molecule has 0 bridgehead atoms. The molecular formula is C19H21ClN2OS. The Kier molecular flexibility index (Phi) is 5.36. The van der Waals surface area contributed by atoms with Gasteiger partial charge in [0.05, 0.1) is 11.6 Å². The number of anilines is 1. The van der Waals surface area contributed by atoms with Crippen LogP contribution in [0.3, 0.4) is 0 Å². The van der Waals surface area contributed by atoms with E-state index < -0.39 is 0 Å². The highest BCUT2D eigenvalue weighted by atomic mass is 35.5. The lowest BCUT2D eigenvalue weighted by atomic mass is 9.87. The lowest BCUT2D eigenvalue weighted by molar-refractivity contribution is 0.0930. The smallest absolute Gasteiger partial charge is 0.252 e. The van der Waals surface area contributed by atoms with Gasteiger partial charge in [0, 0.05) is 15.6 Å². The molecule has 0 spiro atoms. The van der Waals surface area contributed by atoms with Crippen molar-refractivity contribution in [2.75, 3.05) is 11.5 Å². The van der Waals surface area contributed by atoms with Crippen molar-refractivity contribution in [2.24, 2.45) is 0 Å². The Labute approximate surface area is 152 Å². The number of carbonyl (C=O) groups is 1. The summed E-state index contributed by atoms with van der Waals surface area (Å²) in [5, 5.41) is 3.77. The highest BCUT2D eigenvalue weighted by Gasteiger charge is 2.23. The van der Waals surface area contributed by atoms with E-state index in [1.807, 2.05) is 30.3 Å². The molecule has 0 aliphatic heterocycles. The van der Waals surface area contributed by atoms with Crippen LogP contribution in [0.15, 0.2) is 41.3 Å². The van der Waals surface area contributed by atoms with Gasteiger partial charge in [-0.25, -0.2) is 0 Å². The van der Waals surface area contributed by atoms with E-state index in [2.05, 4.69) is 12.2 Å². The van der Waals surface area contributed by atoms with Crippen LogP contribution in [0.5, 0.6) is 0 Å². The van der Waals surface area contributed by atoms with Gasteiger partial charge in [-0.3, -0.25) is 4.79 Å². The largest absolute Gasteiger partial charge is 0.399 e. The molecule has 0 radical (unpaired) electrons. The van der Waals surface area contributed by atoms with Gasteiger partial charge in [0.1, 0.15) is 0 Å². The Bertz CT molecular complexity index is 763. The van der Waals surface area contributed by atoms with Gasteiger partial charge in [-0.15, -0.1) is 11.8 Å². The SMILES string of the molecule is CCSc1ccc(Cl)cc1C(=O)NC1CCCc2cc(N)ccc21. The fourth-order valence-electron chi connectivity index (χ4n) is 3.18. The van der Waals surface area contributed by atoms with E-state index in [0.29, 0.717) is 10.6 Å². The van der Waals surface area contributed by atoms with Crippen LogP contribution in [0.2, 0.25) is 5.02 Å². The third-order valence-corrected chi connectivity index (χ3v) is 5.46. The molecule has 2 aromatic carbocycles. The minimum Gasteiger partial charge on any atom is -0.399 e. The third-order valence-electron chi connectivity index (χ3n) is 4.27. The molecule has 3 N–H and O–H groups in total. The van der Waals surface area contributed by atoms with E-state index in [0.717, 1.165) is 35.6 Å². The van der Waals surface area contributed by atoms with Crippen molar-refractivity contribution < 1.29 is 4.79 Å². The summed E-state index contributed by atoms with van der Waals surface area (Å²) in [6, 6.07) is 11.5. The van der Waals surface area contributed by atoms with Crippen molar-refractivity contribution in [3.05, 3.63) is 58.1 Å². The predicted molar refractivity (Wildman–Crippen MR) is 102 cm³/mol. The number of aryl methyl sites for hydroxylation is 1. The highest BCUT2D eigenvalue weighted by Crippen LogP contribution is 2.32. The lowest BCUT2D eigenvalue weighted by Crippen LogP contribution is -2.31. The molecule has 2 aromatic rings. The number of nitrogen functional groups attached to an aromatic ring is 1. The summed E-state index contributed by atoms with van der Waals surface area (Å²) in [4.78, 5) is 13.8. The number of hydrogen-bond acceptors (Lipinski definition) is 3. The van der Waals surface area contributed by atoms with Crippen LogP contribution in [-0.4, -0.2) is 11.7 Å². The quantitative estimate of drug-likeness (QED) is 0.605. The van der Waals surface area contributed by atoms with Gasteiger partial charge < -0.3 is 11.1 Å². The van der Waals surface area contributed by atoms with Crippen molar-refractivity contribution in [1.82, 2.24) is 5.32 Å². The summed E-state index contributed by atoms with van der Waals surface area (Å²) >= 11 is 7.75. The van der Waals surface area contributed by atoms with Gasteiger partial charge in [0.25, 0.3) is 5.91 Å². The lowest BCUT2D eigenvalue weighted by Gasteiger charge is -2.27. The molecule has 5 heteroatoms. The second-order valence-electron chi connectivity index (χ2n) is 5.95. The number of nitrogens with one attached hydrogen (secondary N) is 1. The molecule has 3 nitrogen and oxygen atoms in total. The van der Waals surface area contributed by atoms with Crippen molar-refractivity contribution in [3.63, 3.8) is 0 Å². The maximum Gasteiger partial charge on any atom is 0.252 e. The van der Waals surface area contributed by atoms with Crippen molar-refractivity contribution in [2.45, 2.75) is 37.1 Å².